The molecule has 2 aliphatic rings. The van der Waals surface area contributed by atoms with E-state index in [2.05, 4.69) is 5.32 Å². The fourth-order valence-corrected chi connectivity index (χ4v) is 3.60. The van der Waals surface area contributed by atoms with Crippen LogP contribution >= 0.6 is 11.6 Å². The van der Waals surface area contributed by atoms with Crippen molar-refractivity contribution in [3.05, 3.63) is 28.8 Å². The number of carbonyl (C=O) groups is 3. The van der Waals surface area contributed by atoms with Gasteiger partial charge in [-0.1, -0.05) is 11.6 Å². The van der Waals surface area contributed by atoms with Crippen molar-refractivity contribution in [2.45, 2.75) is 19.8 Å². The van der Waals surface area contributed by atoms with Crippen molar-refractivity contribution in [1.29, 1.82) is 0 Å². The third-order valence-corrected chi connectivity index (χ3v) is 5.04. The third-order valence-electron chi connectivity index (χ3n) is 4.71. The first-order valence-electron chi connectivity index (χ1n) is 7.96. The number of hydrogen-bond acceptors (Lipinski definition) is 3. The van der Waals surface area contributed by atoms with Crippen molar-refractivity contribution in [2.24, 2.45) is 17.8 Å². The molecule has 2 atom stereocenters. The molecule has 2 N–H and O–H groups in total. The average molecular weight is 351 g/mol. The van der Waals surface area contributed by atoms with Crippen LogP contribution in [0.2, 0.25) is 5.02 Å². The first-order chi connectivity index (χ1) is 11.4. The van der Waals surface area contributed by atoms with E-state index in [4.69, 9.17) is 11.6 Å². The maximum Gasteiger partial charge on any atom is 0.308 e. The molecule has 0 spiro atoms. The molecule has 2 amide bonds. The summed E-state index contributed by atoms with van der Waals surface area (Å²) in [5.41, 5.74) is 0.770. The predicted octanol–water partition coefficient (Wildman–Crippen LogP) is 2.48. The van der Waals surface area contributed by atoms with Gasteiger partial charge in [0, 0.05) is 25.7 Å². The minimum absolute atomic E-state index is 0.0174. The van der Waals surface area contributed by atoms with Gasteiger partial charge in [-0.3, -0.25) is 14.4 Å². The van der Waals surface area contributed by atoms with E-state index in [0.717, 1.165) is 12.8 Å². The average Bonchev–Trinajstić information content (AvgIpc) is 3.26. The lowest BCUT2D eigenvalue weighted by molar-refractivity contribution is -0.142. The molecule has 3 rings (SSSR count). The number of benzene rings is 1. The van der Waals surface area contributed by atoms with Crippen molar-refractivity contribution in [1.82, 2.24) is 4.90 Å². The number of rotatable bonds is 4. The van der Waals surface area contributed by atoms with Crippen LogP contribution in [-0.4, -0.2) is 40.9 Å². The second-order valence-corrected chi connectivity index (χ2v) is 6.94. The molecular formula is C17H19ClN2O4. The van der Waals surface area contributed by atoms with E-state index in [9.17, 15) is 19.5 Å². The highest BCUT2D eigenvalue weighted by Gasteiger charge is 2.47. The van der Waals surface area contributed by atoms with Gasteiger partial charge in [0.05, 0.1) is 16.5 Å². The Bertz CT molecular complexity index is 702. The molecule has 0 unspecified atom stereocenters. The second-order valence-electron chi connectivity index (χ2n) is 6.53. The Morgan fingerprint density at radius 1 is 1.25 bits per heavy atom. The Kier molecular flexibility index (Phi) is 4.49. The molecule has 1 aromatic rings. The molecule has 7 heteroatoms. The molecule has 1 aliphatic carbocycles. The molecule has 24 heavy (non-hydrogen) atoms. The van der Waals surface area contributed by atoms with Gasteiger partial charge in [0.2, 0.25) is 5.91 Å². The topological polar surface area (TPSA) is 86.7 Å². The highest BCUT2D eigenvalue weighted by atomic mass is 35.5. The smallest absolute Gasteiger partial charge is 0.308 e. The molecule has 128 valence electrons. The molecule has 0 radical (unpaired) electrons. The summed E-state index contributed by atoms with van der Waals surface area (Å²) in [6.45, 7) is 2.03. The van der Waals surface area contributed by atoms with E-state index in [0.29, 0.717) is 18.2 Å². The Labute approximate surface area is 144 Å². The third kappa shape index (κ3) is 3.38. The van der Waals surface area contributed by atoms with E-state index < -0.39 is 11.9 Å². The summed E-state index contributed by atoms with van der Waals surface area (Å²) in [6.07, 6.45) is 2.07. The monoisotopic (exact) mass is 350 g/mol. The van der Waals surface area contributed by atoms with Gasteiger partial charge in [-0.15, -0.1) is 0 Å². The molecule has 1 saturated carbocycles. The summed E-state index contributed by atoms with van der Waals surface area (Å²) in [4.78, 5) is 37.0. The number of likely N-dealkylation sites (tertiary alicyclic amines) is 1. The molecule has 6 nitrogen and oxygen atoms in total. The highest BCUT2D eigenvalue weighted by molar-refractivity contribution is 6.34. The van der Waals surface area contributed by atoms with Gasteiger partial charge in [-0.25, -0.2) is 0 Å². The van der Waals surface area contributed by atoms with E-state index in [1.54, 1.807) is 17.0 Å². The molecule has 2 fully saturated rings. The van der Waals surface area contributed by atoms with Gasteiger partial charge in [0.1, 0.15) is 0 Å². The fraction of sp³-hybridized carbons (Fsp3) is 0.471. The number of anilines is 1. The Morgan fingerprint density at radius 2 is 1.96 bits per heavy atom. The van der Waals surface area contributed by atoms with Gasteiger partial charge < -0.3 is 15.3 Å². The molecule has 1 saturated heterocycles. The number of nitrogens with zero attached hydrogens (tertiary/aromatic N) is 1. The molecule has 0 bridgehead atoms. The number of nitrogens with one attached hydrogen (secondary N) is 1. The van der Waals surface area contributed by atoms with Crippen LogP contribution in [0.1, 0.15) is 30.1 Å². The van der Waals surface area contributed by atoms with Crippen LogP contribution in [-0.2, 0) is 9.59 Å². The summed E-state index contributed by atoms with van der Waals surface area (Å²) < 4.78 is 0. The van der Waals surface area contributed by atoms with Gasteiger partial charge in [0.25, 0.3) is 5.91 Å². The zero-order chi connectivity index (χ0) is 17.4. The standard InChI is InChI=1S/C17H19ClN2O4/c1-9(21)19-11-4-5-15(18)12(6-11)16(22)20-7-13(10-2-3-10)14(8-20)17(23)24/h4-6,10,13-14H,2-3,7-8H2,1H3,(H,19,21)(H,23,24)/t13-,14+/m1/s1. The van der Waals surface area contributed by atoms with Crippen molar-refractivity contribution in [3.8, 4) is 0 Å². The van der Waals surface area contributed by atoms with Crippen LogP contribution in [0.3, 0.4) is 0 Å². The van der Waals surface area contributed by atoms with Crippen molar-refractivity contribution in [2.75, 3.05) is 18.4 Å². The van der Waals surface area contributed by atoms with Crippen LogP contribution in [0.15, 0.2) is 18.2 Å². The lowest BCUT2D eigenvalue weighted by Crippen LogP contribution is -2.30. The molecule has 1 aliphatic heterocycles. The predicted molar refractivity (Wildman–Crippen MR) is 89.0 cm³/mol. The first kappa shape index (κ1) is 16.8. The van der Waals surface area contributed by atoms with Gasteiger partial charge >= 0.3 is 5.97 Å². The summed E-state index contributed by atoms with van der Waals surface area (Å²) >= 11 is 6.14. The van der Waals surface area contributed by atoms with Crippen LogP contribution in [0.25, 0.3) is 0 Å². The first-order valence-corrected chi connectivity index (χ1v) is 8.34. The SMILES string of the molecule is CC(=O)Nc1ccc(Cl)c(C(=O)N2C[C@H](C(=O)O)[C@@H](C3CC3)C2)c1. The summed E-state index contributed by atoms with van der Waals surface area (Å²) in [6, 6.07) is 4.72. The number of carbonyl (C=O) groups excluding carboxylic acids is 2. The molecular weight excluding hydrogens is 332 g/mol. The van der Waals surface area contributed by atoms with E-state index in [1.165, 1.54) is 13.0 Å². The fourth-order valence-electron chi connectivity index (χ4n) is 3.40. The number of hydrogen-bond donors (Lipinski definition) is 2. The Hall–Kier alpha value is -2.08. The van der Waals surface area contributed by atoms with Crippen LogP contribution in [0, 0.1) is 17.8 Å². The number of amides is 2. The lowest BCUT2D eigenvalue weighted by Gasteiger charge is -2.18. The Morgan fingerprint density at radius 3 is 2.54 bits per heavy atom. The molecule has 1 aromatic carbocycles. The van der Waals surface area contributed by atoms with Gasteiger partial charge in [-0.2, -0.15) is 0 Å². The maximum atomic E-state index is 12.8. The maximum absolute atomic E-state index is 12.8. The van der Waals surface area contributed by atoms with E-state index in [1.807, 2.05) is 0 Å². The Balaban J connectivity index is 1.81. The largest absolute Gasteiger partial charge is 0.481 e. The van der Waals surface area contributed by atoms with Crippen LogP contribution < -0.4 is 5.32 Å². The van der Waals surface area contributed by atoms with E-state index in [-0.39, 0.29) is 34.9 Å². The summed E-state index contributed by atoms with van der Waals surface area (Å²) in [5, 5.41) is 12.3. The van der Waals surface area contributed by atoms with Crippen LogP contribution in [0.4, 0.5) is 5.69 Å². The summed E-state index contributed by atoms with van der Waals surface area (Å²) in [5.74, 6) is -1.47. The number of aliphatic carboxylic acids is 1. The van der Waals surface area contributed by atoms with Crippen molar-refractivity contribution in [3.63, 3.8) is 0 Å². The minimum atomic E-state index is -0.847. The lowest BCUT2D eigenvalue weighted by atomic mass is 9.92. The quantitative estimate of drug-likeness (QED) is 0.873. The van der Waals surface area contributed by atoms with E-state index >= 15 is 0 Å². The van der Waals surface area contributed by atoms with Crippen molar-refractivity contribution >= 4 is 35.1 Å². The van der Waals surface area contributed by atoms with Crippen LogP contribution in [0.5, 0.6) is 0 Å². The number of carboxylic acid groups (broad SMARTS) is 1. The highest BCUT2D eigenvalue weighted by Crippen LogP contribution is 2.44. The normalized spacial score (nSPS) is 23.2. The van der Waals surface area contributed by atoms with Gasteiger partial charge in [0.15, 0.2) is 0 Å². The number of halogens is 1. The minimum Gasteiger partial charge on any atom is -0.481 e. The summed E-state index contributed by atoms with van der Waals surface area (Å²) in [7, 11) is 0. The van der Waals surface area contributed by atoms with Gasteiger partial charge in [-0.05, 0) is 42.9 Å². The number of carboxylic acids is 1. The van der Waals surface area contributed by atoms with Crippen molar-refractivity contribution < 1.29 is 19.5 Å². The zero-order valence-corrected chi connectivity index (χ0v) is 14.0. The molecule has 0 aromatic heterocycles. The molecule has 1 heterocycles. The zero-order valence-electron chi connectivity index (χ0n) is 13.3. The second kappa shape index (κ2) is 6.43.